The summed E-state index contributed by atoms with van der Waals surface area (Å²) in [6.45, 7) is 0.981. The van der Waals surface area contributed by atoms with E-state index < -0.39 is 17.7 Å². The molecule has 104 valence electrons. The molecular weight excluding hydrogens is 254 g/mol. The first kappa shape index (κ1) is 13.9. The summed E-state index contributed by atoms with van der Waals surface area (Å²) in [6, 6.07) is 3.12. The lowest BCUT2D eigenvalue weighted by atomic mass is 10.1. The summed E-state index contributed by atoms with van der Waals surface area (Å²) in [7, 11) is 1.60. The number of rotatable bonds is 3. The van der Waals surface area contributed by atoms with Gasteiger partial charge in [0, 0.05) is 20.1 Å². The lowest BCUT2D eigenvalue weighted by molar-refractivity contribution is -0.132. The number of aliphatic hydroxyl groups excluding tert-OH is 1. The van der Waals surface area contributed by atoms with Gasteiger partial charge in [-0.05, 0) is 17.7 Å². The number of likely N-dealkylation sites (N-methyl/N-ethyl adjacent to an activating group) is 1. The molecule has 0 aromatic heterocycles. The van der Waals surface area contributed by atoms with Crippen LogP contribution in [0.1, 0.15) is 5.56 Å². The number of amides is 1. The molecule has 4 nitrogen and oxygen atoms in total. The molecule has 0 aliphatic carbocycles. The molecule has 6 heteroatoms. The number of hydrogen-bond donors (Lipinski definition) is 2. The minimum absolute atomic E-state index is 0.0169. The highest BCUT2D eigenvalue weighted by Crippen LogP contribution is 2.13. The van der Waals surface area contributed by atoms with Gasteiger partial charge >= 0.3 is 0 Å². The number of aliphatic hydroxyl groups is 1. The summed E-state index contributed by atoms with van der Waals surface area (Å²) in [5.74, 6) is -2.13. The molecule has 2 atom stereocenters. The van der Waals surface area contributed by atoms with E-state index in [0.717, 1.165) is 12.1 Å². The van der Waals surface area contributed by atoms with Crippen LogP contribution in [0.4, 0.5) is 8.78 Å². The van der Waals surface area contributed by atoms with Crippen LogP contribution < -0.4 is 5.32 Å². The van der Waals surface area contributed by atoms with E-state index in [1.54, 1.807) is 7.05 Å². The van der Waals surface area contributed by atoms with Crippen LogP contribution in [0.15, 0.2) is 18.2 Å². The van der Waals surface area contributed by atoms with Gasteiger partial charge in [0.15, 0.2) is 11.6 Å². The summed E-state index contributed by atoms with van der Waals surface area (Å²) in [4.78, 5) is 13.5. The fourth-order valence-electron chi connectivity index (χ4n) is 2.18. The highest BCUT2D eigenvalue weighted by molar-refractivity contribution is 5.79. The number of hydrogen-bond acceptors (Lipinski definition) is 3. The minimum Gasteiger partial charge on any atom is -0.390 e. The van der Waals surface area contributed by atoms with Crippen LogP contribution in [0.25, 0.3) is 0 Å². The maximum Gasteiger partial charge on any atom is 0.227 e. The molecule has 1 aliphatic heterocycles. The number of benzene rings is 1. The average Bonchev–Trinajstić information content (AvgIpc) is 2.79. The molecule has 1 amide bonds. The van der Waals surface area contributed by atoms with Gasteiger partial charge in [0.2, 0.25) is 5.91 Å². The third kappa shape index (κ3) is 3.08. The van der Waals surface area contributed by atoms with Gasteiger partial charge in [-0.3, -0.25) is 4.79 Å². The van der Waals surface area contributed by atoms with E-state index in [4.69, 9.17) is 0 Å². The quantitative estimate of drug-likeness (QED) is 0.830. The topological polar surface area (TPSA) is 52.6 Å². The SMILES string of the molecule is CN(C(=O)Cc1ccc(F)c(F)c1)[C@H]1CNC[C@@H]1O. The van der Waals surface area contributed by atoms with Gasteiger partial charge < -0.3 is 15.3 Å². The number of nitrogens with one attached hydrogen (secondary N) is 1. The number of nitrogens with zero attached hydrogens (tertiary/aromatic N) is 1. The maximum atomic E-state index is 13.0. The summed E-state index contributed by atoms with van der Waals surface area (Å²) in [5.41, 5.74) is 0.413. The fourth-order valence-corrected chi connectivity index (χ4v) is 2.18. The molecule has 0 spiro atoms. The Morgan fingerprint density at radius 1 is 1.42 bits per heavy atom. The first-order valence-corrected chi connectivity index (χ1v) is 6.07. The van der Waals surface area contributed by atoms with E-state index in [1.165, 1.54) is 11.0 Å². The molecule has 1 aromatic rings. The predicted octanol–water partition coefficient (Wildman–Crippen LogP) is 0.298. The minimum atomic E-state index is -0.962. The summed E-state index contributed by atoms with van der Waals surface area (Å²) < 4.78 is 25.8. The Labute approximate surface area is 110 Å². The molecule has 0 unspecified atom stereocenters. The monoisotopic (exact) mass is 270 g/mol. The van der Waals surface area contributed by atoms with Crippen LogP contribution in [0, 0.1) is 11.6 Å². The lowest BCUT2D eigenvalue weighted by Crippen LogP contribution is -2.44. The Kier molecular flexibility index (Phi) is 4.11. The molecule has 1 heterocycles. The van der Waals surface area contributed by atoms with Crippen molar-refractivity contribution < 1.29 is 18.7 Å². The standard InChI is InChI=1S/C13H16F2N2O2/c1-17(11-6-16-7-12(11)18)13(19)5-8-2-3-9(14)10(15)4-8/h2-4,11-12,16,18H,5-7H2,1H3/t11-,12-/m0/s1. The number of β-amino-alcohol motifs (C(OH)–C–C–N with tert-alkyl or cyclic N) is 1. The van der Waals surface area contributed by atoms with Crippen LogP contribution in [-0.4, -0.2) is 48.2 Å². The molecule has 2 rings (SSSR count). The zero-order chi connectivity index (χ0) is 14.0. The second-order valence-corrected chi connectivity index (χ2v) is 4.72. The highest BCUT2D eigenvalue weighted by atomic mass is 19.2. The predicted molar refractivity (Wildman–Crippen MR) is 65.5 cm³/mol. The molecule has 1 fully saturated rings. The van der Waals surface area contributed by atoms with Gasteiger partial charge in [-0.2, -0.15) is 0 Å². The Hall–Kier alpha value is -1.53. The van der Waals surface area contributed by atoms with Gasteiger partial charge in [-0.25, -0.2) is 8.78 Å². The first-order valence-electron chi connectivity index (χ1n) is 6.07. The molecule has 0 bridgehead atoms. The molecule has 19 heavy (non-hydrogen) atoms. The van der Waals surface area contributed by atoms with Gasteiger partial charge in [0.05, 0.1) is 18.6 Å². The van der Waals surface area contributed by atoms with Crippen LogP contribution >= 0.6 is 0 Å². The first-order chi connectivity index (χ1) is 8.99. The van der Waals surface area contributed by atoms with Crippen molar-refractivity contribution in [3.8, 4) is 0 Å². The largest absolute Gasteiger partial charge is 0.390 e. The zero-order valence-corrected chi connectivity index (χ0v) is 10.6. The fraction of sp³-hybridized carbons (Fsp3) is 0.462. The second kappa shape index (κ2) is 5.63. The summed E-state index contributed by atoms with van der Waals surface area (Å²) >= 11 is 0. The smallest absolute Gasteiger partial charge is 0.227 e. The molecule has 2 N–H and O–H groups in total. The zero-order valence-electron chi connectivity index (χ0n) is 10.6. The molecule has 1 aromatic carbocycles. The van der Waals surface area contributed by atoms with E-state index in [2.05, 4.69) is 5.32 Å². The molecule has 1 saturated heterocycles. The van der Waals surface area contributed by atoms with Gasteiger partial charge in [0.25, 0.3) is 0 Å². The van der Waals surface area contributed by atoms with Crippen molar-refractivity contribution in [1.82, 2.24) is 10.2 Å². The van der Waals surface area contributed by atoms with Crippen molar-refractivity contribution in [1.29, 1.82) is 0 Å². The summed E-state index contributed by atoms with van der Waals surface area (Å²) in [6.07, 6.45) is -0.615. The van der Waals surface area contributed by atoms with E-state index in [0.29, 0.717) is 18.7 Å². The van der Waals surface area contributed by atoms with Gasteiger partial charge in [0.1, 0.15) is 0 Å². The van der Waals surface area contributed by atoms with Crippen LogP contribution in [0.5, 0.6) is 0 Å². The van der Waals surface area contributed by atoms with E-state index >= 15 is 0 Å². The highest BCUT2D eigenvalue weighted by Gasteiger charge is 2.30. The van der Waals surface area contributed by atoms with Crippen molar-refractivity contribution in [3.05, 3.63) is 35.4 Å². The van der Waals surface area contributed by atoms with E-state index in [9.17, 15) is 18.7 Å². The van der Waals surface area contributed by atoms with Crippen molar-refractivity contribution in [2.24, 2.45) is 0 Å². The van der Waals surface area contributed by atoms with E-state index in [-0.39, 0.29) is 18.4 Å². The number of carbonyl (C=O) groups excluding carboxylic acids is 1. The Bertz CT molecular complexity index is 482. The van der Waals surface area contributed by atoms with Crippen molar-refractivity contribution in [2.75, 3.05) is 20.1 Å². The number of halogens is 2. The van der Waals surface area contributed by atoms with Crippen molar-refractivity contribution in [3.63, 3.8) is 0 Å². The molecule has 0 radical (unpaired) electrons. The van der Waals surface area contributed by atoms with Crippen LogP contribution in [0.2, 0.25) is 0 Å². The second-order valence-electron chi connectivity index (χ2n) is 4.72. The van der Waals surface area contributed by atoms with Gasteiger partial charge in [-0.1, -0.05) is 6.07 Å². The van der Waals surface area contributed by atoms with Crippen LogP contribution in [0.3, 0.4) is 0 Å². The number of carbonyl (C=O) groups is 1. The molecular formula is C13H16F2N2O2. The molecule has 1 aliphatic rings. The van der Waals surface area contributed by atoms with Crippen molar-refractivity contribution >= 4 is 5.91 Å². The van der Waals surface area contributed by atoms with Crippen molar-refractivity contribution in [2.45, 2.75) is 18.6 Å². The normalized spacial score (nSPS) is 22.5. The van der Waals surface area contributed by atoms with Crippen LogP contribution in [-0.2, 0) is 11.2 Å². The molecule has 0 saturated carbocycles. The average molecular weight is 270 g/mol. The van der Waals surface area contributed by atoms with Gasteiger partial charge in [-0.15, -0.1) is 0 Å². The lowest BCUT2D eigenvalue weighted by Gasteiger charge is -2.26. The maximum absolute atomic E-state index is 13.0. The Morgan fingerprint density at radius 3 is 2.74 bits per heavy atom. The Morgan fingerprint density at radius 2 is 2.16 bits per heavy atom. The third-order valence-electron chi connectivity index (χ3n) is 3.38. The Balaban J connectivity index is 2.02. The van der Waals surface area contributed by atoms with E-state index in [1.807, 2.05) is 0 Å². The summed E-state index contributed by atoms with van der Waals surface area (Å²) in [5, 5.41) is 12.7. The third-order valence-corrected chi connectivity index (χ3v) is 3.38.